The van der Waals surface area contributed by atoms with Crippen molar-refractivity contribution in [3.05, 3.63) is 5.82 Å². The molecule has 0 radical (unpaired) electrons. The van der Waals surface area contributed by atoms with E-state index in [1.807, 2.05) is 19.0 Å². The Hall–Kier alpha value is -3.03. The Morgan fingerprint density at radius 1 is 1.42 bits per heavy atom. The number of carboxylic acid groups (broad SMARTS) is 1. The largest absolute Gasteiger partial charge is 0.481 e. The van der Waals surface area contributed by atoms with Crippen molar-refractivity contribution in [2.45, 2.75) is 30.0 Å². The van der Waals surface area contributed by atoms with Crippen LogP contribution in [0.4, 0.5) is 5.13 Å². The number of hydrogen-bond donors (Lipinski definition) is 3. The van der Waals surface area contributed by atoms with E-state index in [9.17, 15) is 19.5 Å². The number of carbonyl (C=O) groups is 3. The lowest BCUT2D eigenvalue weighted by atomic mass is 9.89. The minimum atomic E-state index is -1.21. The van der Waals surface area contributed by atoms with Crippen molar-refractivity contribution in [3.63, 3.8) is 0 Å². The van der Waals surface area contributed by atoms with Gasteiger partial charge in [0.05, 0.1) is 6.54 Å². The number of β-lactam (4-membered cyclic amide) rings is 1. The maximum atomic E-state index is 13.0. The van der Waals surface area contributed by atoms with Gasteiger partial charge in [0, 0.05) is 36.1 Å². The summed E-state index contributed by atoms with van der Waals surface area (Å²) in [6, 6.07) is -0.854. The number of nitrogen functional groups attached to an aromatic ring is 1. The molecule has 3 atom stereocenters. The smallest absolute Gasteiger partial charge is 0.313 e. The summed E-state index contributed by atoms with van der Waals surface area (Å²) >= 11 is 3.44. The number of carboxylic acids is 1. The molecule has 2 aliphatic rings. The van der Waals surface area contributed by atoms with E-state index < -0.39 is 28.7 Å². The number of oxime groups is 1. The Kier molecular flexibility index (Phi) is 8.68. The summed E-state index contributed by atoms with van der Waals surface area (Å²) < 4.78 is 5.63. The SMILES string of the molecule is CCON=C(C(=O)NC1C(=O)N2CC(CSc3nnnn3CCN(C)C)(C(=O)O)CS[C@H]12)c1nsc(N)n1. The normalized spacial score (nSPS) is 23.2. The van der Waals surface area contributed by atoms with Gasteiger partial charge in [0.1, 0.15) is 23.4 Å². The van der Waals surface area contributed by atoms with Crippen molar-refractivity contribution in [3.8, 4) is 0 Å². The van der Waals surface area contributed by atoms with Gasteiger partial charge in [-0.25, -0.2) is 4.68 Å². The molecule has 4 rings (SSSR count). The quantitative estimate of drug-likeness (QED) is 0.114. The first-order valence-electron chi connectivity index (χ1n) is 11.4. The Morgan fingerprint density at radius 2 is 2.21 bits per heavy atom. The summed E-state index contributed by atoms with van der Waals surface area (Å²) in [6.45, 7) is 3.19. The van der Waals surface area contributed by atoms with E-state index in [2.05, 4.69) is 35.4 Å². The highest BCUT2D eigenvalue weighted by Gasteiger charge is 2.57. The van der Waals surface area contributed by atoms with Gasteiger partial charge in [0.2, 0.25) is 22.6 Å². The molecule has 0 spiro atoms. The van der Waals surface area contributed by atoms with Crippen LogP contribution in [-0.4, -0.2) is 125 Å². The monoisotopic (exact) mass is 585 g/mol. The van der Waals surface area contributed by atoms with Crippen LogP contribution < -0.4 is 11.1 Å². The zero-order valence-electron chi connectivity index (χ0n) is 20.8. The molecule has 19 heteroatoms. The number of nitrogens with two attached hydrogens (primary N) is 1. The zero-order valence-corrected chi connectivity index (χ0v) is 23.3. The Bertz CT molecular complexity index is 1220. The topological polar surface area (TPSA) is 207 Å². The predicted octanol–water partition coefficient (Wildman–Crippen LogP) is -1.33. The van der Waals surface area contributed by atoms with Gasteiger partial charge in [-0.1, -0.05) is 16.9 Å². The molecule has 38 heavy (non-hydrogen) atoms. The number of thioether (sulfide) groups is 2. The number of hydrogen-bond acceptors (Lipinski definition) is 15. The number of tetrazole rings is 1. The van der Waals surface area contributed by atoms with Gasteiger partial charge >= 0.3 is 5.97 Å². The number of nitrogens with one attached hydrogen (secondary N) is 1. The number of aromatic nitrogens is 6. The number of nitrogens with zero attached hydrogens (tertiary/aromatic N) is 9. The molecular weight excluding hydrogens is 558 g/mol. The summed E-state index contributed by atoms with van der Waals surface area (Å²) in [6.07, 6.45) is 0. The van der Waals surface area contributed by atoms with E-state index in [1.54, 1.807) is 11.6 Å². The molecule has 2 fully saturated rings. The molecule has 0 bridgehead atoms. The molecule has 0 aliphatic carbocycles. The van der Waals surface area contributed by atoms with E-state index >= 15 is 0 Å². The predicted molar refractivity (Wildman–Crippen MR) is 140 cm³/mol. The number of anilines is 1. The van der Waals surface area contributed by atoms with Gasteiger partial charge < -0.3 is 30.8 Å². The van der Waals surface area contributed by atoms with Crippen LogP contribution in [0.25, 0.3) is 0 Å². The summed E-state index contributed by atoms with van der Waals surface area (Å²) in [4.78, 5) is 50.8. The third kappa shape index (κ3) is 5.84. The average Bonchev–Trinajstić information content (AvgIpc) is 3.53. The van der Waals surface area contributed by atoms with Crippen LogP contribution in [0, 0.1) is 5.41 Å². The van der Waals surface area contributed by atoms with Crippen LogP contribution in [0.3, 0.4) is 0 Å². The Balaban J connectivity index is 1.40. The molecule has 2 aromatic rings. The van der Waals surface area contributed by atoms with Crippen molar-refractivity contribution < 1.29 is 24.3 Å². The third-order valence-corrected chi connectivity index (χ3v) is 9.15. The van der Waals surface area contributed by atoms with Crippen molar-refractivity contribution in [1.29, 1.82) is 0 Å². The lowest BCUT2D eigenvalue weighted by molar-refractivity contribution is -0.157. The second-order valence-corrected chi connectivity index (χ2v) is 11.6. The van der Waals surface area contributed by atoms with Gasteiger partial charge in [0.25, 0.3) is 5.91 Å². The molecule has 2 aliphatic heterocycles. The molecule has 206 valence electrons. The fourth-order valence-corrected chi connectivity index (χ4v) is 6.90. The van der Waals surface area contributed by atoms with Crippen LogP contribution >= 0.6 is 35.1 Å². The van der Waals surface area contributed by atoms with Crippen molar-refractivity contribution in [1.82, 2.24) is 44.7 Å². The summed E-state index contributed by atoms with van der Waals surface area (Å²) in [5.41, 5.74) is 4.21. The number of fused-ring (bicyclic) bond motifs is 1. The van der Waals surface area contributed by atoms with Gasteiger partial charge in [-0.15, -0.1) is 16.9 Å². The minimum absolute atomic E-state index is 0.00152. The highest BCUT2D eigenvalue weighted by atomic mass is 32.2. The highest BCUT2D eigenvalue weighted by molar-refractivity contribution is 8.00. The highest BCUT2D eigenvalue weighted by Crippen LogP contribution is 2.44. The molecule has 4 N–H and O–H groups in total. The molecule has 2 amide bonds. The van der Waals surface area contributed by atoms with E-state index in [-0.39, 0.29) is 47.2 Å². The number of amides is 2. The van der Waals surface area contributed by atoms with Gasteiger partial charge in [-0.2, -0.15) is 9.36 Å². The van der Waals surface area contributed by atoms with Gasteiger partial charge in [0.15, 0.2) is 5.13 Å². The fraction of sp³-hybridized carbons (Fsp3) is 0.632. The van der Waals surface area contributed by atoms with Crippen LogP contribution in [0.15, 0.2) is 10.3 Å². The van der Waals surface area contributed by atoms with Gasteiger partial charge in [-0.3, -0.25) is 14.4 Å². The van der Waals surface area contributed by atoms with E-state index in [1.165, 1.54) is 28.4 Å². The molecular formula is C19H27N11O5S3. The lowest BCUT2D eigenvalue weighted by Crippen LogP contribution is -2.74. The van der Waals surface area contributed by atoms with Crippen LogP contribution in [-0.2, 0) is 25.8 Å². The first-order chi connectivity index (χ1) is 18.1. The second-order valence-electron chi connectivity index (χ2n) is 8.79. The summed E-state index contributed by atoms with van der Waals surface area (Å²) in [5, 5.41) is 28.5. The van der Waals surface area contributed by atoms with E-state index in [4.69, 9.17) is 10.6 Å². The van der Waals surface area contributed by atoms with Gasteiger partial charge in [-0.05, 0) is 31.4 Å². The van der Waals surface area contributed by atoms with Crippen LogP contribution in [0.2, 0.25) is 0 Å². The molecule has 2 unspecified atom stereocenters. The number of likely N-dealkylation sites (N-methyl/N-ethyl adjacent to an activating group) is 1. The first-order valence-corrected chi connectivity index (χ1v) is 14.3. The number of aliphatic carboxylic acids is 1. The Labute approximate surface area is 229 Å². The van der Waals surface area contributed by atoms with E-state index in [0.29, 0.717) is 11.7 Å². The molecule has 2 aromatic heterocycles. The van der Waals surface area contributed by atoms with E-state index in [0.717, 1.165) is 18.1 Å². The second kappa shape index (κ2) is 11.8. The summed E-state index contributed by atoms with van der Waals surface area (Å²) in [5.74, 6) is -1.68. The van der Waals surface area contributed by atoms with Crippen molar-refractivity contribution >= 4 is 63.7 Å². The average molecular weight is 586 g/mol. The number of rotatable bonds is 12. The maximum absolute atomic E-state index is 13.0. The lowest BCUT2D eigenvalue weighted by Gasteiger charge is -2.53. The molecule has 16 nitrogen and oxygen atoms in total. The summed E-state index contributed by atoms with van der Waals surface area (Å²) in [7, 11) is 3.87. The van der Waals surface area contributed by atoms with Crippen LogP contribution in [0.5, 0.6) is 0 Å². The minimum Gasteiger partial charge on any atom is -0.481 e. The van der Waals surface area contributed by atoms with Crippen LogP contribution in [0.1, 0.15) is 12.7 Å². The number of carbonyl (C=O) groups excluding carboxylic acids is 2. The third-order valence-electron chi connectivity index (χ3n) is 5.77. The molecule has 0 aromatic carbocycles. The standard InChI is InChI=1S/C19H27N11O5S3/c1-4-35-24-10(12-22-17(20)38-25-12)13(31)21-11-14(32)29-7-19(16(33)34,8-36-15(11)29)9-37-18-23-26-27-30(18)6-5-28(2)3/h11,15H,4-9H2,1-3H3,(H,21,31)(H,33,34)(H2,20,22,25)/t11?,15-,19?/m1/s1. The zero-order chi connectivity index (χ0) is 27.4. The Morgan fingerprint density at radius 3 is 2.87 bits per heavy atom. The van der Waals surface area contributed by atoms with Crippen molar-refractivity contribution in [2.75, 3.05) is 51.0 Å². The van der Waals surface area contributed by atoms with Crippen molar-refractivity contribution in [2.24, 2.45) is 10.6 Å². The molecule has 4 heterocycles. The molecule has 0 saturated carbocycles. The first kappa shape index (κ1) is 28.0. The maximum Gasteiger partial charge on any atom is 0.313 e. The fourth-order valence-electron chi connectivity index (χ4n) is 3.70. The molecule has 2 saturated heterocycles.